The van der Waals surface area contributed by atoms with Gasteiger partial charge >= 0.3 is 6.03 Å². The maximum absolute atomic E-state index is 12.2. The van der Waals surface area contributed by atoms with Crippen LogP contribution in [0.4, 0.5) is 4.79 Å². The molecule has 0 aliphatic heterocycles. The van der Waals surface area contributed by atoms with Crippen LogP contribution in [-0.4, -0.2) is 27.7 Å². The van der Waals surface area contributed by atoms with Crippen molar-refractivity contribution in [1.82, 2.24) is 20.6 Å². The smallest absolute Gasteiger partial charge is 0.321 e. The molecule has 4 aromatic rings. The largest absolute Gasteiger partial charge is 0.467 e. The lowest BCUT2D eigenvalue weighted by molar-refractivity contribution is -0.117. The van der Waals surface area contributed by atoms with Gasteiger partial charge in [0.05, 0.1) is 18.6 Å². The second-order valence-corrected chi connectivity index (χ2v) is 8.37. The van der Waals surface area contributed by atoms with Gasteiger partial charge in [0.25, 0.3) is 0 Å². The molecule has 152 valence electrons. The highest BCUT2D eigenvalue weighted by Gasteiger charge is 2.15. The van der Waals surface area contributed by atoms with Gasteiger partial charge in [0, 0.05) is 10.3 Å². The number of furan rings is 1. The minimum atomic E-state index is -0.567. The third kappa shape index (κ3) is 4.87. The van der Waals surface area contributed by atoms with Gasteiger partial charge in [-0.1, -0.05) is 42.1 Å². The van der Waals surface area contributed by atoms with Crippen LogP contribution in [0.2, 0.25) is 0 Å². The number of amides is 3. The number of thioether (sulfide) groups is 1. The van der Waals surface area contributed by atoms with E-state index in [9.17, 15) is 9.59 Å². The lowest BCUT2D eigenvalue weighted by atomic mass is 10.2. The Labute approximate surface area is 180 Å². The fraction of sp³-hybridized carbons (Fsp3) is 0.143. The fourth-order valence-corrected chi connectivity index (χ4v) is 4.77. The fourth-order valence-electron chi connectivity index (χ4n) is 2.77. The van der Waals surface area contributed by atoms with Crippen LogP contribution in [-0.2, 0) is 11.3 Å². The van der Waals surface area contributed by atoms with E-state index in [1.54, 1.807) is 23.5 Å². The Morgan fingerprint density at radius 3 is 2.73 bits per heavy atom. The highest BCUT2D eigenvalue weighted by molar-refractivity contribution is 8.00. The van der Waals surface area contributed by atoms with Crippen LogP contribution in [0.3, 0.4) is 0 Å². The number of urea groups is 1. The number of aromatic nitrogens is 2. The normalized spacial score (nSPS) is 10.8. The van der Waals surface area contributed by atoms with Crippen LogP contribution in [0, 0.1) is 6.92 Å². The van der Waals surface area contributed by atoms with Gasteiger partial charge in [0.1, 0.15) is 21.4 Å². The second-order valence-electron chi connectivity index (χ2n) is 6.37. The van der Waals surface area contributed by atoms with Crippen molar-refractivity contribution in [3.63, 3.8) is 0 Å². The summed E-state index contributed by atoms with van der Waals surface area (Å²) in [4.78, 5) is 35.0. The van der Waals surface area contributed by atoms with Crippen molar-refractivity contribution in [2.75, 3.05) is 5.75 Å². The number of benzene rings is 1. The molecule has 3 aromatic heterocycles. The molecule has 9 heteroatoms. The van der Waals surface area contributed by atoms with Crippen LogP contribution in [0.25, 0.3) is 20.7 Å². The monoisotopic (exact) mass is 438 g/mol. The van der Waals surface area contributed by atoms with Crippen LogP contribution in [0.1, 0.15) is 11.6 Å². The molecule has 0 saturated carbocycles. The van der Waals surface area contributed by atoms with E-state index in [4.69, 9.17) is 4.42 Å². The standard InChI is InChI=1S/C21H18N4O3S2/c1-13-23-19(16-10-17(30-20(16)24-13)14-6-3-2-4-7-14)29-12-18(26)25-21(27)22-11-15-8-5-9-28-15/h2-10H,11-12H2,1H3,(H2,22,25,26,27). The van der Waals surface area contributed by atoms with Gasteiger partial charge in [-0.15, -0.1) is 11.3 Å². The molecule has 0 bridgehead atoms. The molecule has 0 unspecified atom stereocenters. The number of nitrogens with zero attached hydrogens (tertiary/aromatic N) is 2. The van der Waals surface area contributed by atoms with E-state index >= 15 is 0 Å². The van der Waals surface area contributed by atoms with E-state index in [0.717, 1.165) is 25.7 Å². The summed E-state index contributed by atoms with van der Waals surface area (Å²) in [5.41, 5.74) is 1.11. The van der Waals surface area contributed by atoms with Gasteiger partial charge < -0.3 is 9.73 Å². The Kier molecular flexibility index (Phi) is 6.10. The van der Waals surface area contributed by atoms with Crippen LogP contribution >= 0.6 is 23.1 Å². The molecule has 0 aliphatic carbocycles. The Morgan fingerprint density at radius 2 is 1.97 bits per heavy atom. The zero-order chi connectivity index (χ0) is 20.9. The van der Waals surface area contributed by atoms with Crippen LogP contribution in [0.5, 0.6) is 0 Å². The summed E-state index contributed by atoms with van der Waals surface area (Å²) >= 11 is 2.87. The third-order valence-corrected chi connectivity index (χ3v) is 6.19. The molecule has 0 radical (unpaired) electrons. The molecule has 0 aliphatic rings. The lowest BCUT2D eigenvalue weighted by Gasteiger charge is -2.06. The molecule has 4 rings (SSSR count). The van der Waals surface area contributed by atoms with Gasteiger partial charge in [-0.25, -0.2) is 14.8 Å². The number of aryl methyl sites for hydroxylation is 1. The topological polar surface area (TPSA) is 97.1 Å². The first-order chi connectivity index (χ1) is 14.6. The molecule has 0 fully saturated rings. The summed E-state index contributed by atoms with van der Waals surface area (Å²) in [5, 5.41) is 6.52. The molecule has 2 N–H and O–H groups in total. The molecule has 0 saturated heterocycles. The molecule has 7 nitrogen and oxygen atoms in total. The van der Waals surface area contributed by atoms with E-state index in [1.165, 1.54) is 18.0 Å². The molecular weight excluding hydrogens is 420 g/mol. The summed E-state index contributed by atoms with van der Waals surface area (Å²) in [7, 11) is 0. The molecule has 3 heterocycles. The Morgan fingerprint density at radius 1 is 1.13 bits per heavy atom. The zero-order valence-electron chi connectivity index (χ0n) is 16.0. The van der Waals surface area contributed by atoms with Crippen molar-refractivity contribution in [1.29, 1.82) is 0 Å². The maximum Gasteiger partial charge on any atom is 0.321 e. The molecule has 0 atom stereocenters. The summed E-state index contributed by atoms with van der Waals surface area (Å²) in [5.74, 6) is 0.913. The molecule has 30 heavy (non-hydrogen) atoms. The van der Waals surface area contributed by atoms with Gasteiger partial charge in [-0.05, 0) is 30.7 Å². The number of carbonyl (C=O) groups excluding carboxylic acids is 2. The maximum atomic E-state index is 12.2. The number of nitrogens with one attached hydrogen (secondary N) is 2. The number of thiophene rings is 1. The molecule has 3 amide bonds. The Balaban J connectivity index is 1.41. The predicted molar refractivity (Wildman–Crippen MR) is 117 cm³/mol. The average Bonchev–Trinajstić information content (AvgIpc) is 3.41. The SMILES string of the molecule is Cc1nc(SCC(=O)NC(=O)NCc2ccco2)c2cc(-c3ccccc3)sc2n1. The minimum Gasteiger partial charge on any atom is -0.467 e. The number of imide groups is 1. The number of carbonyl (C=O) groups is 2. The number of rotatable bonds is 6. The summed E-state index contributed by atoms with van der Waals surface area (Å²) in [6, 6.07) is 15.0. The van der Waals surface area contributed by atoms with Crippen molar-refractivity contribution < 1.29 is 14.0 Å². The van der Waals surface area contributed by atoms with Crippen molar-refractivity contribution in [3.8, 4) is 10.4 Å². The first-order valence-electron chi connectivity index (χ1n) is 9.15. The first-order valence-corrected chi connectivity index (χ1v) is 10.9. The summed E-state index contributed by atoms with van der Waals surface area (Å²) < 4.78 is 5.14. The van der Waals surface area contributed by atoms with Gasteiger partial charge in [0.15, 0.2) is 0 Å². The van der Waals surface area contributed by atoms with Crippen molar-refractivity contribution >= 4 is 45.3 Å². The quantitative estimate of drug-likeness (QED) is 0.343. The zero-order valence-corrected chi connectivity index (χ0v) is 17.7. The summed E-state index contributed by atoms with van der Waals surface area (Å²) in [6.07, 6.45) is 1.52. The Bertz CT molecular complexity index is 1170. The van der Waals surface area contributed by atoms with Gasteiger partial charge in [0.2, 0.25) is 5.91 Å². The predicted octanol–water partition coefficient (Wildman–Crippen LogP) is 4.38. The van der Waals surface area contributed by atoms with Gasteiger partial charge in [-0.3, -0.25) is 10.1 Å². The highest BCUT2D eigenvalue weighted by Crippen LogP contribution is 2.36. The van der Waals surface area contributed by atoms with Crippen molar-refractivity contribution in [2.24, 2.45) is 0 Å². The minimum absolute atomic E-state index is 0.0657. The number of fused-ring (bicyclic) bond motifs is 1. The van der Waals surface area contributed by atoms with E-state index in [-0.39, 0.29) is 12.3 Å². The van der Waals surface area contributed by atoms with E-state index in [0.29, 0.717) is 11.6 Å². The summed E-state index contributed by atoms with van der Waals surface area (Å²) in [6.45, 7) is 2.04. The lowest BCUT2D eigenvalue weighted by Crippen LogP contribution is -2.39. The van der Waals surface area contributed by atoms with Crippen LogP contribution < -0.4 is 10.6 Å². The van der Waals surface area contributed by atoms with Gasteiger partial charge in [-0.2, -0.15) is 0 Å². The average molecular weight is 439 g/mol. The van der Waals surface area contributed by atoms with E-state index in [1.807, 2.05) is 43.3 Å². The number of hydrogen-bond donors (Lipinski definition) is 2. The van der Waals surface area contributed by atoms with Crippen molar-refractivity contribution in [3.05, 3.63) is 66.4 Å². The third-order valence-electron chi connectivity index (χ3n) is 4.12. The first kappa shape index (κ1) is 20.1. The van der Waals surface area contributed by atoms with E-state index in [2.05, 4.69) is 20.6 Å². The van der Waals surface area contributed by atoms with Crippen molar-refractivity contribution in [2.45, 2.75) is 18.5 Å². The Hall–Kier alpha value is -3.17. The molecule has 1 aromatic carbocycles. The number of hydrogen-bond acceptors (Lipinski definition) is 7. The highest BCUT2D eigenvalue weighted by atomic mass is 32.2. The van der Waals surface area contributed by atoms with E-state index < -0.39 is 11.9 Å². The molecular formula is C21H18N4O3S2. The van der Waals surface area contributed by atoms with Crippen LogP contribution in [0.15, 0.2) is 64.2 Å². The second kappa shape index (κ2) is 9.10. The molecule has 0 spiro atoms.